The molecule has 0 aromatic heterocycles. The van der Waals surface area contributed by atoms with Gasteiger partial charge in [-0.25, -0.2) is 9.59 Å². The van der Waals surface area contributed by atoms with Gasteiger partial charge in [0.25, 0.3) is 0 Å². The summed E-state index contributed by atoms with van der Waals surface area (Å²) in [6, 6.07) is -0.265. The number of nitrogens with zero attached hydrogens (tertiary/aromatic N) is 1. The van der Waals surface area contributed by atoms with Crippen LogP contribution in [0.1, 0.15) is 46.0 Å². The summed E-state index contributed by atoms with van der Waals surface area (Å²) in [5, 5.41) is 11.5. The molecule has 1 aliphatic heterocycles. The van der Waals surface area contributed by atoms with Crippen LogP contribution in [0.25, 0.3) is 0 Å². The average Bonchev–Trinajstić information content (AvgIpc) is 2.15. The van der Waals surface area contributed by atoms with Crippen LogP contribution in [-0.4, -0.2) is 40.6 Å². The van der Waals surface area contributed by atoms with Gasteiger partial charge in [-0.1, -0.05) is 19.3 Å². The maximum atomic E-state index is 11.9. The summed E-state index contributed by atoms with van der Waals surface area (Å²) in [7, 11) is 0. The number of nitrogens with one attached hydrogen (secondary N) is 1. The minimum atomic E-state index is -1.21. The van der Waals surface area contributed by atoms with Crippen LogP contribution in [0.5, 0.6) is 0 Å². The van der Waals surface area contributed by atoms with Crippen molar-refractivity contribution in [3.63, 3.8) is 0 Å². The van der Waals surface area contributed by atoms with E-state index in [1.54, 1.807) is 4.90 Å². The second-order valence-electron chi connectivity index (χ2n) is 5.12. The van der Waals surface area contributed by atoms with E-state index in [1.165, 1.54) is 20.3 Å². The Morgan fingerprint density at radius 3 is 2.00 bits per heavy atom. The Hall–Kier alpha value is -1.26. The fourth-order valence-electron chi connectivity index (χ4n) is 1.85. The van der Waals surface area contributed by atoms with Gasteiger partial charge in [0.05, 0.1) is 0 Å². The van der Waals surface area contributed by atoms with E-state index in [9.17, 15) is 9.59 Å². The van der Waals surface area contributed by atoms with Crippen molar-refractivity contribution < 1.29 is 14.7 Å². The highest BCUT2D eigenvalue weighted by atomic mass is 16.4. The number of aliphatic carboxylic acids is 1. The normalized spacial score (nSPS) is 18.1. The zero-order chi connectivity index (χ0) is 12.9. The molecule has 0 bridgehead atoms. The van der Waals surface area contributed by atoms with Crippen molar-refractivity contribution in [2.24, 2.45) is 0 Å². The number of rotatable bonds is 2. The highest BCUT2D eigenvalue weighted by Crippen LogP contribution is 2.11. The SMILES string of the molecule is CC(C)(NC(=O)N1CCCCCCC1)C(=O)O. The van der Waals surface area contributed by atoms with Crippen molar-refractivity contribution in [1.82, 2.24) is 10.2 Å². The second kappa shape index (κ2) is 5.89. The number of urea groups is 1. The van der Waals surface area contributed by atoms with Crippen LogP contribution in [0.3, 0.4) is 0 Å². The third-order valence-corrected chi connectivity index (χ3v) is 3.10. The van der Waals surface area contributed by atoms with Crippen LogP contribution >= 0.6 is 0 Å². The number of carbonyl (C=O) groups excluding carboxylic acids is 1. The van der Waals surface area contributed by atoms with Crippen molar-refractivity contribution in [2.45, 2.75) is 51.5 Å². The molecule has 98 valence electrons. The Balaban J connectivity index is 2.53. The number of carbonyl (C=O) groups is 2. The first-order valence-electron chi connectivity index (χ1n) is 6.24. The van der Waals surface area contributed by atoms with Gasteiger partial charge in [0.15, 0.2) is 0 Å². The van der Waals surface area contributed by atoms with Crippen LogP contribution < -0.4 is 5.32 Å². The summed E-state index contributed by atoms with van der Waals surface area (Å²) in [5.74, 6) is -1.02. The molecule has 2 N–H and O–H groups in total. The van der Waals surface area contributed by atoms with Gasteiger partial charge < -0.3 is 15.3 Å². The van der Waals surface area contributed by atoms with E-state index in [2.05, 4.69) is 5.32 Å². The summed E-state index contributed by atoms with van der Waals surface area (Å²) in [4.78, 5) is 24.6. The van der Waals surface area contributed by atoms with Crippen molar-refractivity contribution in [1.29, 1.82) is 0 Å². The van der Waals surface area contributed by atoms with Crippen LogP contribution in [0.15, 0.2) is 0 Å². The van der Waals surface area contributed by atoms with E-state index in [-0.39, 0.29) is 6.03 Å². The summed E-state index contributed by atoms with van der Waals surface area (Å²) in [6.07, 6.45) is 5.52. The molecule has 5 nitrogen and oxygen atoms in total. The topological polar surface area (TPSA) is 69.6 Å². The molecule has 0 atom stereocenters. The molecule has 1 saturated heterocycles. The quantitative estimate of drug-likeness (QED) is 0.776. The molecule has 0 aromatic rings. The van der Waals surface area contributed by atoms with Gasteiger partial charge in [-0.15, -0.1) is 0 Å². The lowest BCUT2D eigenvalue weighted by atomic mass is 10.1. The number of likely N-dealkylation sites (tertiary alicyclic amines) is 1. The van der Waals surface area contributed by atoms with Crippen molar-refractivity contribution in [3.8, 4) is 0 Å². The van der Waals surface area contributed by atoms with Gasteiger partial charge in [0, 0.05) is 13.1 Å². The van der Waals surface area contributed by atoms with Gasteiger partial charge in [0.2, 0.25) is 0 Å². The molecule has 1 aliphatic rings. The number of hydrogen-bond acceptors (Lipinski definition) is 2. The number of carboxylic acids is 1. The molecular weight excluding hydrogens is 220 g/mol. The standard InChI is InChI=1S/C12H22N2O3/c1-12(2,10(15)16)13-11(17)14-8-6-4-3-5-7-9-14/h3-9H2,1-2H3,(H,13,17)(H,15,16). The molecule has 2 amide bonds. The Morgan fingerprint density at radius 2 is 1.53 bits per heavy atom. The largest absolute Gasteiger partial charge is 0.480 e. The van der Waals surface area contributed by atoms with Gasteiger partial charge >= 0.3 is 12.0 Å². The minimum absolute atomic E-state index is 0.265. The molecule has 5 heteroatoms. The molecular formula is C12H22N2O3. The van der Waals surface area contributed by atoms with Crippen LogP contribution in [-0.2, 0) is 4.79 Å². The smallest absolute Gasteiger partial charge is 0.328 e. The molecule has 0 spiro atoms. The van der Waals surface area contributed by atoms with E-state index in [0.29, 0.717) is 0 Å². The van der Waals surface area contributed by atoms with Crippen molar-refractivity contribution in [3.05, 3.63) is 0 Å². The number of carboxylic acid groups (broad SMARTS) is 1. The summed E-state index contributed by atoms with van der Waals surface area (Å²) in [6.45, 7) is 4.44. The second-order valence-corrected chi connectivity index (χ2v) is 5.12. The van der Waals surface area contributed by atoms with Crippen molar-refractivity contribution >= 4 is 12.0 Å². The number of amides is 2. The first kappa shape index (κ1) is 13.8. The monoisotopic (exact) mass is 242 g/mol. The molecule has 1 fully saturated rings. The summed E-state index contributed by atoms with van der Waals surface area (Å²) < 4.78 is 0. The lowest BCUT2D eigenvalue weighted by Crippen LogP contribution is -2.54. The van der Waals surface area contributed by atoms with Crippen LogP contribution in [0, 0.1) is 0 Å². The number of hydrogen-bond donors (Lipinski definition) is 2. The lowest BCUT2D eigenvalue weighted by molar-refractivity contribution is -0.143. The fraction of sp³-hybridized carbons (Fsp3) is 0.833. The molecule has 17 heavy (non-hydrogen) atoms. The summed E-state index contributed by atoms with van der Waals surface area (Å²) in [5.41, 5.74) is -1.21. The predicted molar refractivity (Wildman–Crippen MR) is 64.9 cm³/mol. The molecule has 0 aliphatic carbocycles. The third kappa shape index (κ3) is 4.24. The Bertz CT molecular complexity index is 281. The maximum Gasteiger partial charge on any atom is 0.328 e. The molecule has 0 aromatic carbocycles. The Morgan fingerprint density at radius 1 is 1.06 bits per heavy atom. The fourth-order valence-corrected chi connectivity index (χ4v) is 1.85. The van der Waals surface area contributed by atoms with E-state index < -0.39 is 11.5 Å². The molecule has 0 unspecified atom stereocenters. The van der Waals surface area contributed by atoms with E-state index in [1.807, 2.05) is 0 Å². The van der Waals surface area contributed by atoms with Gasteiger partial charge in [0.1, 0.15) is 5.54 Å². The van der Waals surface area contributed by atoms with Gasteiger partial charge in [-0.05, 0) is 26.7 Å². The highest BCUT2D eigenvalue weighted by molar-refractivity contribution is 5.85. The first-order chi connectivity index (χ1) is 7.93. The van der Waals surface area contributed by atoms with E-state index in [4.69, 9.17) is 5.11 Å². The lowest BCUT2D eigenvalue weighted by Gasteiger charge is -2.29. The van der Waals surface area contributed by atoms with Crippen LogP contribution in [0.4, 0.5) is 4.79 Å². The molecule has 0 radical (unpaired) electrons. The first-order valence-corrected chi connectivity index (χ1v) is 6.24. The zero-order valence-electron chi connectivity index (χ0n) is 10.7. The van der Waals surface area contributed by atoms with E-state index >= 15 is 0 Å². The van der Waals surface area contributed by atoms with Gasteiger partial charge in [-0.3, -0.25) is 0 Å². The van der Waals surface area contributed by atoms with Crippen LogP contribution in [0.2, 0.25) is 0 Å². The maximum absolute atomic E-state index is 11.9. The molecule has 1 heterocycles. The molecule has 1 rings (SSSR count). The molecule has 0 saturated carbocycles. The highest BCUT2D eigenvalue weighted by Gasteiger charge is 2.30. The van der Waals surface area contributed by atoms with E-state index in [0.717, 1.165) is 38.8 Å². The van der Waals surface area contributed by atoms with Crippen molar-refractivity contribution in [2.75, 3.05) is 13.1 Å². The van der Waals surface area contributed by atoms with Gasteiger partial charge in [-0.2, -0.15) is 0 Å². The Kier molecular flexibility index (Phi) is 4.78. The third-order valence-electron chi connectivity index (χ3n) is 3.10. The average molecular weight is 242 g/mol. The predicted octanol–water partition coefficient (Wildman–Crippen LogP) is 1.83. The zero-order valence-corrected chi connectivity index (χ0v) is 10.7. The summed E-state index contributed by atoms with van der Waals surface area (Å²) >= 11 is 0. The Labute approximate surface area is 102 Å². The minimum Gasteiger partial charge on any atom is -0.480 e.